The fourth-order valence-corrected chi connectivity index (χ4v) is 3.23. The van der Waals surface area contributed by atoms with Crippen molar-refractivity contribution < 1.29 is 23.4 Å². The lowest BCUT2D eigenvalue weighted by atomic mass is 10.3. The Kier molecular flexibility index (Phi) is 7.00. The lowest BCUT2D eigenvalue weighted by molar-refractivity contribution is -0.149. The van der Waals surface area contributed by atoms with Crippen LogP contribution >= 0.6 is 7.52 Å². The molecule has 2 atom stereocenters. The summed E-state index contributed by atoms with van der Waals surface area (Å²) in [6.45, 7) is 6.92. The third-order valence-corrected chi connectivity index (χ3v) is 4.38. The first kappa shape index (κ1) is 18.6. The summed E-state index contributed by atoms with van der Waals surface area (Å²) in [6.07, 6.45) is 1.16. The van der Waals surface area contributed by atoms with Gasteiger partial charge in [-0.15, -0.1) is 0 Å². The molecule has 1 N–H and O–H groups in total. The maximum Gasteiger partial charge on any atom is 0.343 e. The standard InChI is InChI=1S/C14H23N2O5P/c1-10(2)20-14(17)12(4)16-22(18,9-19-5)21-13-7-6-11(3)8-15-13/h6-8,10,12H,9H2,1-5H3,(H,16,18)/t12-,22?/m0/s1. The van der Waals surface area contributed by atoms with Gasteiger partial charge in [0.25, 0.3) is 0 Å². The molecule has 1 aromatic heterocycles. The summed E-state index contributed by atoms with van der Waals surface area (Å²) in [5.74, 6) is -0.310. The fourth-order valence-electron chi connectivity index (χ4n) is 1.60. The molecule has 0 aliphatic carbocycles. The van der Waals surface area contributed by atoms with Crippen molar-refractivity contribution >= 4 is 13.5 Å². The summed E-state index contributed by atoms with van der Waals surface area (Å²) in [5.41, 5.74) is 0.954. The number of hydrogen-bond acceptors (Lipinski definition) is 6. The Morgan fingerprint density at radius 3 is 2.55 bits per heavy atom. The minimum absolute atomic E-state index is 0.193. The molecule has 0 spiro atoms. The molecule has 1 heterocycles. The van der Waals surface area contributed by atoms with Gasteiger partial charge in [0, 0.05) is 19.4 Å². The molecular formula is C14H23N2O5P. The van der Waals surface area contributed by atoms with Crippen LogP contribution in [0.2, 0.25) is 0 Å². The second-order valence-electron chi connectivity index (χ2n) is 5.19. The molecule has 8 heteroatoms. The molecule has 1 unspecified atom stereocenters. The molecule has 0 aliphatic heterocycles. The third kappa shape index (κ3) is 6.13. The zero-order valence-corrected chi connectivity index (χ0v) is 14.4. The summed E-state index contributed by atoms with van der Waals surface area (Å²) in [5, 5.41) is 2.66. The van der Waals surface area contributed by atoms with Crippen molar-refractivity contribution in [2.24, 2.45) is 0 Å². The van der Waals surface area contributed by atoms with Gasteiger partial charge < -0.3 is 14.0 Å². The van der Waals surface area contributed by atoms with Crippen molar-refractivity contribution in [1.29, 1.82) is 0 Å². The van der Waals surface area contributed by atoms with E-state index in [0.29, 0.717) is 0 Å². The molecule has 124 valence electrons. The Morgan fingerprint density at radius 2 is 2.05 bits per heavy atom. The third-order valence-electron chi connectivity index (χ3n) is 2.52. The molecule has 0 amide bonds. The maximum atomic E-state index is 12.8. The Labute approximate surface area is 130 Å². The molecule has 0 fully saturated rings. The van der Waals surface area contributed by atoms with Gasteiger partial charge in [-0.2, -0.15) is 0 Å². The van der Waals surface area contributed by atoms with E-state index >= 15 is 0 Å². The molecule has 0 saturated heterocycles. The Balaban J connectivity index is 2.79. The number of nitrogens with one attached hydrogen (secondary N) is 1. The van der Waals surface area contributed by atoms with Crippen LogP contribution in [-0.4, -0.2) is 36.6 Å². The monoisotopic (exact) mass is 330 g/mol. The van der Waals surface area contributed by atoms with Crippen molar-refractivity contribution in [2.45, 2.75) is 39.8 Å². The van der Waals surface area contributed by atoms with Gasteiger partial charge >= 0.3 is 13.5 Å². The van der Waals surface area contributed by atoms with Gasteiger partial charge in [-0.25, -0.2) is 10.1 Å². The van der Waals surface area contributed by atoms with E-state index < -0.39 is 19.5 Å². The number of carbonyl (C=O) groups is 1. The molecule has 0 radical (unpaired) electrons. The molecule has 0 bridgehead atoms. The molecule has 1 aromatic rings. The number of carbonyl (C=O) groups excluding carboxylic acids is 1. The van der Waals surface area contributed by atoms with Crippen LogP contribution in [0.25, 0.3) is 0 Å². The molecular weight excluding hydrogens is 307 g/mol. The second kappa shape index (κ2) is 8.27. The summed E-state index contributed by atoms with van der Waals surface area (Å²) in [7, 11) is -2.05. The van der Waals surface area contributed by atoms with Crippen molar-refractivity contribution in [2.75, 3.05) is 13.5 Å². The summed E-state index contributed by atoms with van der Waals surface area (Å²) >= 11 is 0. The highest BCUT2D eigenvalue weighted by atomic mass is 31.2. The van der Waals surface area contributed by atoms with Crippen LogP contribution in [-0.2, 0) is 18.8 Å². The molecule has 22 heavy (non-hydrogen) atoms. The summed E-state index contributed by atoms with van der Waals surface area (Å²) in [6, 6.07) is 2.60. The Bertz CT molecular complexity index is 533. The molecule has 1 rings (SSSR count). The van der Waals surface area contributed by atoms with Gasteiger partial charge in [0.1, 0.15) is 12.4 Å². The van der Waals surface area contributed by atoms with Crippen LogP contribution < -0.4 is 9.61 Å². The highest BCUT2D eigenvalue weighted by Gasteiger charge is 2.31. The predicted molar refractivity (Wildman–Crippen MR) is 82.9 cm³/mol. The van der Waals surface area contributed by atoms with E-state index in [1.54, 1.807) is 39.1 Å². The first-order chi connectivity index (χ1) is 10.3. The Hall–Kier alpha value is -1.43. The molecule has 0 saturated carbocycles. The van der Waals surface area contributed by atoms with E-state index in [2.05, 4.69) is 10.1 Å². The van der Waals surface area contributed by atoms with E-state index in [-0.39, 0.29) is 18.3 Å². The molecule has 7 nitrogen and oxygen atoms in total. The van der Waals surface area contributed by atoms with Gasteiger partial charge in [-0.05, 0) is 33.3 Å². The quantitative estimate of drug-likeness (QED) is 0.579. The summed E-state index contributed by atoms with van der Waals surface area (Å²) in [4.78, 5) is 15.9. The lowest BCUT2D eigenvalue weighted by Gasteiger charge is -2.23. The minimum Gasteiger partial charge on any atom is -0.462 e. The van der Waals surface area contributed by atoms with E-state index in [1.807, 2.05) is 6.92 Å². The van der Waals surface area contributed by atoms with Gasteiger partial charge in [0.2, 0.25) is 5.88 Å². The number of hydrogen-bond donors (Lipinski definition) is 1. The van der Waals surface area contributed by atoms with E-state index in [4.69, 9.17) is 14.0 Å². The highest BCUT2D eigenvalue weighted by Crippen LogP contribution is 2.42. The average molecular weight is 330 g/mol. The van der Waals surface area contributed by atoms with Crippen LogP contribution in [0.15, 0.2) is 18.3 Å². The van der Waals surface area contributed by atoms with Crippen LogP contribution in [0.4, 0.5) is 0 Å². The average Bonchev–Trinajstić information content (AvgIpc) is 2.40. The zero-order chi connectivity index (χ0) is 16.8. The number of methoxy groups -OCH3 is 1. The topological polar surface area (TPSA) is 86.8 Å². The molecule has 0 aromatic carbocycles. The second-order valence-corrected chi connectivity index (χ2v) is 7.24. The number of ether oxygens (including phenoxy) is 2. The first-order valence-electron chi connectivity index (χ1n) is 6.94. The number of aromatic nitrogens is 1. The van der Waals surface area contributed by atoms with Gasteiger partial charge in [-0.1, -0.05) is 6.07 Å². The van der Waals surface area contributed by atoms with E-state index in [1.165, 1.54) is 7.11 Å². The molecule has 0 aliphatic rings. The van der Waals surface area contributed by atoms with Crippen LogP contribution in [0, 0.1) is 6.92 Å². The van der Waals surface area contributed by atoms with Crippen molar-refractivity contribution in [3.63, 3.8) is 0 Å². The first-order valence-corrected chi connectivity index (χ1v) is 8.75. The largest absolute Gasteiger partial charge is 0.462 e. The number of pyridine rings is 1. The minimum atomic E-state index is -3.45. The predicted octanol–water partition coefficient (Wildman–Crippen LogP) is 2.50. The lowest BCUT2D eigenvalue weighted by Crippen LogP contribution is -2.36. The summed E-state index contributed by atoms with van der Waals surface area (Å²) < 4.78 is 28.2. The number of esters is 1. The van der Waals surface area contributed by atoms with Gasteiger partial charge in [-0.3, -0.25) is 9.36 Å². The van der Waals surface area contributed by atoms with Crippen LogP contribution in [0.3, 0.4) is 0 Å². The maximum absolute atomic E-state index is 12.8. The van der Waals surface area contributed by atoms with Crippen LogP contribution in [0.1, 0.15) is 26.3 Å². The van der Waals surface area contributed by atoms with Gasteiger partial charge in [0.15, 0.2) is 0 Å². The fraction of sp³-hybridized carbons (Fsp3) is 0.571. The van der Waals surface area contributed by atoms with E-state index in [0.717, 1.165) is 5.56 Å². The van der Waals surface area contributed by atoms with Crippen molar-refractivity contribution in [3.8, 4) is 5.88 Å². The highest BCUT2D eigenvalue weighted by molar-refractivity contribution is 7.57. The number of aryl methyl sites for hydroxylation is 1. The van der Waals surface area contributed by atoms with Gasteiger partial charge in [0.05, 0.1) is 6.10 Å². The Morgan fingerprint density at radius 1 is 1.36 bits per heavy atom. The van der Waals surface area contributed by atoms with E-state index in [9.17, 15) is 9.36 Å². The van der Waals surface area contributed by atoms with Crippen molar-refractivity contribution in [1.82, 2.24) is 10.1 Å². The SMILES string of the molecule is COCP(=O)(N[C@@H](C)C(=O)OC(C)C)Oc1ccc(C)cn1. The number of rotatable bonds is 8. The smallest absolute Gasteiger partial charge is 0.343 e. The van der Waals surface area contributed by atoms with Crippen LogP contribution in [0.5, 0.6) is 5.88 Å². The zero-order valence-electron chi connectivity index (χ0n) is 13.5. The number of nitrogens with zero attached hydrogens (tertiary/aromatic N) is 1. The normalized spacial score (nSPS) is 15.2. The van der Waals surface area contributed by atoms with Crippen molar-refractivity contribution in [3.05, 3.63) is 23.9 Å².